The van der Waals surface area contributed by atoms with Crippen LogP contribution in [0.1, 0.15) is 22.8 Å². The molecule has 0 spiro atoms. The molecule has 2 aromatic carbocycles. The molecule has 2 rings (SSSR count). The highest BCUT2D eigenvalue weighted by atomic mass is 32.2. The van der Waals surface area contributed by atoms with E-state index in [1.54, 1.807) is 30.3 Å². The first-order chi connectivity index (χ1) is 12.3. The summed E-state index contributed by atoms with van der Waals surface area (Å²) in [5.41, 5.74) is 1.63. The van der Waals surface area contributed by atoms with Crippen molar-refractivity contribution in [3.8, 4) is 5.75 Å². The maximum atomic E-state index is 12.4. The molecule has 138 valence electrons. The molecule has 0 saturated heterocycles. The molecule has 0 radical (unpaired) electrons. The highest BCUT2D eigenvalue weighted by Crippen LogP contribution is 2.25. The molecular weight excluding hydrogens is 354 g/mol. The Kier molecular flexibility index (Phi) is 6.52. The lowest BCUT2D eigenvalue weighted by Crippen LogP contribution is -2.30. The number of anilines is 1. The predicted octanol–water partition coefficient (Wildman–Crippen LogP) is 2.93. The summed E-state index contributed by atoms with van der Waals surface area (Å²) in [6.45, 7) is 3.36. The van der Waals surface area contributed by atoms with Crippen LogP contribution in [0.2, 0.25) is 0 Å². The summed E-state index contributed by atoms with van der Waals surface area (Å²) in [7, 11) is 0.163. The summed E-state index contributed by atoms with van der Waals surface area (Å²) in [4.78, 5) is 25.1. The zero-order valence-electron chi connectivity index (χ0n) is 15.1. The normalized spacial score (nSPS) is 12.8. The van der Waals surface area contributed by atoms with E-state index in [1.807, 2.05) is 13.0 Å². The number of carbonyl (C=O) groups is 2. The Morgan fingerprint density at radius 2 is 1.85 bits per heavy atom. The molecule has 0 aliphatic heterocycles. The van der Waals surface area contributed by atoms with E-state index >= 15 is 0 Å². The molecular formula is C19H21NO5S. The monoisotopic (exact) mass is 375 g/mol. The van der Waals surface area contributed by atoms with Gasteiger partial charge < -0.3 is 14.8 Å². The Morgan fingerprint density at radius 3 is 2.50 bits per heavy atom. The summed E-state index contributed by atoms with van der Waals surface area (Å²) in [5, 5.41) is 2.70. The summed E-state index contributed by atoms with van der Waals surface area (Å²) in [6.07, 6.45) is 0.442. The van der Waals surface area contributed by atoms with Crippen molar-refractivity contribution in [3.05, 3.63) is 53.6 Å². The lowest BCUT2D eigenvalue weighted by Gasteiger charge is -2.16. The quantitative estimate of drug-likeness (QED) is 0.785. The standard InChI is InChI=1S/C19H21NO5S/c1-12-9-10-16(24-3)15(11-12)20-18(21)13(2)25-19(22)14-7-5-6-8-17(14)26(4)23/h5-11,13H,1-4H3,(H,20,21)/t13-,26+/m0/s1. The molecule has 6 nitrogen and oxygen atoms in total. The lowest BCUT2D eigenvalue weighted by atomic mass is 10.2. The van der Waals surface area contributed by atoms with Crippen LogP contribution in [0.3, 0.4) is 0 Å². The van der Waals surface area contributed by atoms with Crippen molar-refractivity contribution in [3.63, 3.8) is 0 Å². The van der Waals surface area contributed by atoms with E-state index in [1.165, 1.54) is 26.4 Å². The Bertz CT molecular complexity index is 850. The molecule has 0 aromatic heterocycles. The smallest absolute Gasteiger partial charge is 0.340 e. The van der Waals surface area contributed by atoms with E-state index in [-0.39, 0.29) is 5.56 Å². The van der Waals surface area contributed by atoms with Crippen LogP contribution in [0.5, 0.6) is 5.75 Å². The van der Waals surface area contributed by atoms with Crippen LogP contribution in [-0.2, 0) is 20.3 Å². The molecule has 0 aliphatic rings. The van der Waals surface area contributed by atoms with E-state index in [2.05, 4.69) is 5.32 Å². The van der Waals surface area contributed by atoms with Gasteiger partial charge in [-0.25, -0.2) is 4.79 Å². The first-order valence-electron chi connectivity index (χ1n) is 7.92. The maximum absolute atomic E-state index is 12.4. The SMILES string of the molecule is COc1ccc(C)cc1NC(=O)[C@H](C)OC(=O)c1ccccc1[S@@](C)=O. The van der Waals surface area contributed by atoms with Crippen LogP contribution < -0.4 is 10.1 Å². The van der Waals surface area contributed by atoms with Gasteiger partial charge in [-0.05, 0) is 43.7 Å². The molecule has 0 bridgehead atoms. The van der Waals surface area contributed by atoms with Gasteiger partial charge in [0.15, 0.2) is 6.10 Å². The van der Waals surface area contributed by atoms with Gasteiger partial charge in [-0.15, -0.1) is 0 Å². The second kappa shape index (κ2) is 8.62. The molecule has 2 aromatic rings. The number of methoxy groups -OCH3 is 1. The van der Waals surface area contributed by atoms with Crippen molar-refractivity contribution in [1.82, 2.24) is 0 Å². The third-order valence-electron chi connectivity index (χ3n) is 3.68. The number of ether oxygens (including phenoxy) is 2. The Morgan fingerprint density at radius 1 is 1.15 bits per heavy atom. The number of nitrogens with one attached hydrogen (secondary N) is 1. The van der Waals surface area contributed by atoms with E-state index in [4.69, 9.17) is 9.47 Å². The molecule has 0 fully saturated rings. The van der Waals surface area contributed by atoms with Gasteiger partial charge in [-0.1, -0.05) is 18.2 Å². The van der Waals surface area contributed by atoms with Crippen LogP contribution >= 0.6 is 0 Å². The van der Waals surface area contributed by atoms with Crippen molar-refractivity contribution in [2.75, 3.05) is 18.7 Å². The Labute approximate surface area is 155 Å². The summed E-state index contributed by atoms with van der Waals surface area (Å²) >= 11 is 0. The van der Waals surface area contributed by atoms with Gasteiger partial charge in [0.25, 0.3) is 5.91 Å². The molecule has 0 saturated carbocycles. The van der Waals surface area contributed by atoms with E-state index in [9.17, 15) is 13.8 Å². The highest BCUT2D eigenvalue weighted by Gasteiger charge is 2.22. The fourth-order valence-electron chi connectivity index (χ4n) is 2.32. The molecule has 0 heterocycles. The number of carbonyl (C=O) groups excluding carboxylic acids is 2. The largest absolute Gasteiger partial charge is 0.495 e. The number of benzene rings is 2. The molecule has 2 atom stereocenters. The Hall–Kier alpha value is -2.67. The second-order valence-electron chi connectivity index (χ2n) is 5.69. The minimum absolute atomic E-state index is 0.182. The van der Waals surface area contributed by atoms with Crippen molar-refractivity contribution in [2.45, 2.75) is 24.8 Å². The first kappa shape index (κ1) is 19.7. The number of esters is 1. The average Bonchev–Trinajstić information content (AvgIpc) is 2.61. The van der Waals surface area contributed by atoms with Gasteiger partial charge in [0.1, 0.15) is 5.75 Å². The summed E-state index contributed by atoms with van der Waals surface area (Å²) in [5.74, 6) is -0.679. The number of aryl methyl sites for hydroxylation is 1. The van der Waals surface area contributed by atoms with Crippen LogP contribution in [0, 0.1) is 6.92 Å². The minimum Gasteiger partial charge on any atom is -0.495 e. The topological polar surface area (TPSA) is 81.7 Å². The van der Waals surface area contributed by atoms with Crippen molar-refractivity contribution < 1.29 is 23.3 Å². The number of hydrogen-bond acceptors (Lipinski definition) is 5. The zero-order chi connectivity index (χ0) is 19.3. The van der Waals surface area contributed by atoms with Gasteiger partial charge in [0.2, 0.25) is 0 Å². The third-order valence-corrected chi connectivity index (χ3v) is 4.66. The minimum atomic E-state index is -1.34. The van der Waals surface area contributed by atoms with Crippen LogP contribution in [0.4, 0.5) is 5.69 Å². The van der Waals surface area contributed by atoms with Gasteiger partial charge in [-0.3, -0.25) is 9.00 Å². The fraction of sp³-hybridized carbons (Fsp3) is 0.263. The number of amides is 1. The van der Waals surface area contributed by atoms with Gasteiger partial charge >= 0.3 is 5.97 Å². The van der Waals surface area contributed by atoms with Crippen LogP contribution in [0.25, 0.3) is 0 Å². The van der Waals surface area contributed by atoms with E-state index < -0.39 is 28.8 Å². The molecule has 1 amide bonds. The first-order valence-corrected chi connectivity index (χ1v) is 9.48. The van der Waals surface area contributed by atoms with E-state index in [0.29, 0.717) is 16.3 Å². The van der Waals surface area contributed by atoms with Crippen molar-refractivity contribution >= 4 is 28.4 Å². The molecule has 26 heavy (non-hydrogen) atoms. The Balaban J connectivity index is 2.11. The third kappa shape index (κ3) is 4.70. The fourth-order valence-corrected chi connectivity index (χ4v) is 3.05. The average molecular weight is 375 g/mol. The molecule has 7 heteroatoms. The van der Waals surface area contributed by atoms with Crippen molar-refractivity contribution in [2.24, 2.45) is 0 Å². The second-order valence-corrected chi connectivity index (χ2v) is 7.04. The molecule has 1 N–H and O–H groups in total. The summed E-state index contributed by atoms with van der Waals surface area (Å²) < 4.78 is 22.2. The van der Waals surface area contributed by atoms with Gasteiger partial charge in [0.05, 0.1) is 34.1 Å². The van der Waals surface area contributed by atoms with E-state index in [0.717, 1.165) is 5.56 Å². The van der Waals surface area contributed by atoms with Crippen molar-refractivity contribution in [1.29, 1.82) is 0 Å². The van der Waals surface area contributed by atoms with Crippen LogP contribution in [-0.4, -0.2) is 35.6 Å². The van der Waals surface area contributed by atoms with Crippen LogP contribution in [0.15, 0.2) is 47.4 Å². The van der Waals surface area contributed by atoms with Gasteiger partial charge in [-0.2, -0.15) is 0 Å². The molecule has 0 unspecified atom stereocenters. The number of hydrogen-bond donors (Lipinski definition) is 1. The molecule has 0 aliphatic carbocycles. The summed E-state index contributed by atoms with van der Waals surface area (Å²) in [6, 6.07) is 11.8. The predicted molar refractivity (Wildman–Crippen MR) is 100 cm³/mol. The highest BCUT2D eigenvalue weighted by molar-refractivity contribution is 7.84. The lowest BCUT2D eigenvalue weighted by molar-refractivity contribution is -0.123. The van der Waals surface area contributed by atoms with Gasteiger partial charge in [0, 0.05) is 6.26 Å². The zero-order valence-corrected chi connectivity index (χ0v) is 15.9. The number of rotatable bonds is 6. The maximum Gasteiger partial charge on any atom is 0.340 e.